The molecule has 0 spiro atoms. The van der Waals surface area contributed by atoms with Crippen LogP contribution < -0.4 is 5.73 Å². The second-order valence-electron chi connectivity index (χ2n) is 2.66. The molecular weight excluding hydrogens is 174 g/mol. The average molecular weight is 182 g/mol. The van der Waals surface area contributed by atoms with Crippen LogP contribution in [0.1, 0.15) is 0 Å². The van der Waals surface area contributed by atoms with Gasteiger partial charge in [0, 0.05) is 12.4 Å². The Balaban J connectivity index is 2.99. The van der Waals surface area contributed by atoms with Crippen molar-refractivity contribution in [2.45, 2.75) is 0 Å². The number of halogens is 1. The van der Waals surface area contributed by atoms with E-state index in [0.717, 1.165) is 10.9 Å². The zero-order chi connectivity index (χ0) is 8.72. The monoisotopic (exact) mass is 181 g/mol. The molecule has 12 heavy (non-hydrogen) atoms. The van der Waals surface area contributed by atoms with Crippen LogP contribution in [0.5, 0.6) is 0 Å². The van der Waals surface area contributed by atoms with Gasteiger partial charge < -0.3 is 5.73 Å². The third-order valence-corrected chi connectivity index (χ3v) is 2.13. The second kappa shape index (κ2) is 2.38. The molecule has 0 bridgehead atoms. The van der Waals surface area contributed by atoms with E-state index >= 15 is 0 Å². The van der Waals surface area contributed by atoms with Crippen LogP contribution in [0.2, 0.25) is 5.15 Å². The predicted octanol–water partition coefficient (Wildman–Crippen LogP) is 1.81. The van der Waals surface area contributed by atoms with Gasteiger partial charge in [0.1, 0.15) is 0 Å². The maximum absolute atomic E-state index is 5.86. The van der Waals surface area contributed by atoms with Crippen molar-refractivity contribution in [1.82, 2.24) is 9.78 Å². The van der Waals surface area contributed by atoms with Gasteiger partial charge in [0.05, 0.1) is 11.2 Å². The maximum Gasteiger partial charge on any atom is 0.158 e. The molecule has 0 saturated carbocycles. The average Bonchev–Trinajstić information content (AvgIpc) is 2.29. The first-order chi connectivity index (χ1) is 5.70. The summed E-state index contributed by atoms with van der Waals surface area (Å²) >= 11 is 5.86. The van der Waals surface area contributed by atoms with Gasteiger partial charge >= 0.3 is 0 Å². The topological polar surface area (TPSA) is 43.8 Å². The summed E-state index contributed by atoms with van der Waals surface area (Å²) in [6, 6.07) is 5.60. The molecule has 3 nitrogen and oxygen atoms in total. The molecule has 2 N–H and O–H groups in total. The Morgan fingerprint density at radius 2 is 2.25 bits per heavy atom. The molecule has 0 radical (unpaired) electrons. The lowest BCUT2D eigenvalue weighted by atomic mass is 10.2. The zero-order valence-corrected chi connectivity index (χ0v) is 7.34. The lowest BCUT2D eigenvalue weighted by Crippen LogP contribution is -1.93. The van der Waals surface area contributed by atoms with Crippen LogP contribution in [0.25, 0.3) is 10.9 Å². The number of hydrogen-bond donors (Lipinski definition) is 1. The number of nitrogens with two attached hydrogens (primary N) is 1. The fraction of sp³-hybridized carbons (Fsp3) is 0.125. The molecule has 0 saturated heterocycles. The van der Waals surface area contributed by atoms with Gasteiger partial charge in [0.15, 0.2) is 5.15 Å². The van der Waals surface area contributed by atoms with Crippen molar-refractivity contribution in [1.29, 1.82) is 0 Å². The molecule has 0 aliphatic carbocycles. The largest absolute Gasteiger partial charge is 0.397 e. The minimum atomic E-state index is 0.500. The van der Waals surface area contributed by atoms with Gasteiger partial charge in [-0.05, 0) is 12.1 Å². The van der Waals surface area contributed by atoms with E-state index in [4.69, 9.17) is 17.3 Å². The number of aryl methyl sites for hydroxylation is 1. The van der Waals surface area contributed by atoms with Crippen molar-refractivity contribution in [2.75, 3.05) is 5.73 Å². The third kappa shape index (κ3) is 0.865. The molecule has 1 aromatic heterocycles. The highest BCUT2D eigenvalue weighted by atomic mass is 35.5. The fourth-order valence-corrected chi connectivity index (χ4v) is 1.59. The van der Waals surface area contributed by atoms with Gasteiger partial charge in [-0.1, -0.05) is 17.7 Å². The van der Waals surface area contributed by atoms with Crippen molar-refractivity contribution in [3.63, 3.8) is 0 Å². The summed E-state index contributed by atoms with van der Waals surface area (Å²) in [5.41, 5.74) is 7.35. The normalized spacial score (nSPS) is 10.8. The van der Waals surface area contributed by atoms with E-state index in [9.17, 15) is 0 Å². The van der Waals surface area contributed by atoms with Gasteiger partial charge in [-0.25, -0.2) is 0 Å². The second-order valence-corrected chi connectivity index (χ2v) is 3.02. The Hall–Kier alpha value is -1.22. The number of para-hydroxylation sites is 1. The molecule has 1 heterocycles. The SMILES string of the molecule is Cn1nc(Cl)c2cccc(N)c21. The third-order valence-electron chi connectivity index (χ3n) is 1.85. The van der Waals surface area contributed by atoms with Crippen LogP contribution in [0.4, 0.5) is 5.69 Å². The summed E-state index contributed by atoms with van der Waals surface area (Å²) in [4.78, 5) is 0. The maximum atomic E-state index is 5.86. The van der Waals surface area contributed by atoms with Crippen molar-refractivity contribution >= 4 is 28.2 Å². The number of benzene rings is 1. The Morgan fingerprint density at radius 3 is 2.92 bits per heavy atom. The van der Waals surface area contributed by atoms with Crippen LogP contribution in [-0.4, -0.2) is 9.78 Å². The lowest BCUT2D eigenvalue weighted by Gasteiger charge is -1.96. The van der Waals surface area contributed by atoms with Crippen molar-refractivity contribution in [3.05, 3.63) is 23.4 Å². The fourth-order valence-electron chi connectivity index (χ4n) is 1.32. The summed E-state index contributed by atoms with van der Waals surface area (Å²) in [5.74, 6) is 0. The van der Waals surface area contributed by atoms with Crippen molar-refractivity contribution in [3.8, 4) is 0 Å². The minimum Gasteiger partial charge on any atom is -0.397 e. The number of hydrogen-bond acceptors (Lipinski definition) is 2. The number of aromatic nitrogens is 2. The molecule has 0 atom stereocenters. The van der Waals surface area contributed by atoms with Crippen LogP contribution >= 0.6 is 11.6 Å². The number of nitrogen functional groups attached to an aromatic ring is 1. The Morgan fingerprint density at radius 1 is 1.50 bits per heavy atom. The summed E-state index contributed by atoms with van der Waals surface area (Å²) in [6.07, 6.45) is 0. The Bertz CT molecular complexity index is 433. The number of fused-ring (bicyclic) bond motifs is 1. The summed E-state index contributed by atoms with van der Waals surface area (Å²) < 4.78 is 1.69. The molecule has 2 rings (SSSR count). The molecule has 4 heteroatoms. The Kier molecular flexibility index (Phi) is 1.48. The first-order valence-corrected chi connectivity index (χ1v) is 3.94. The van der Waals surface area contributed by atoms with Gasteiger partial charge in [0.2, 0.25) is 0 Å². The summed E-state index contributed by atoms with van der Waals surface area (Å²) in [6.45, 7) is 0. The smallest absolute Gasteiger partial charge is 0.158 e. The van der Waals surface area contributed by atoms with E-state index in [0.29, 0.717) is 10.8 Å². The predicted molar refractivity (Wildman–Crippen MR) is 50.1 cm³/mol. The van der Waals surface area contributed by atoms with Crippen LogP contribution in [0.3, 0.4) is 0 Å². The highest BCUT2D eigenvalue weighted by molar-refractivity contribution is 6.34. The first kappa shape index (κ1) is 7.43. The number of rotatable bonds is 0. The molecule has 0 amide bonds. The molecule has 0 aliphatic heterocycles. The molecule has 2 aromatic rings. The van der Waals surface area contributed by atoms with E-state index in [1.165, 1.54) is 0 Å². The van der Waals surface area contributed by atoms with E-state index in [2.05, 4.69) is 5.10 Å². The van der Waals surface area contributed by atoms with E-state index in [1.807, 2.05) is 25.2 Å². The van der Waals surface area contributed by atoms with Crippen LogP contribution in [0, 0.1) is 0 Å². The first-order valence-electron chi connectivity index (χ1n) is 3.57. The van der Waals surface area contributed by atoms with Gasteiger partial charge in [-0.15, -0.1) is 0 Å². The van der Waals surface area contributed by atoms with Crippen LogP contribution in [-0.2, 0) is 7.05 Å². The Labute approximate surface area is 74.7 Å². The molecule has 0 unspecified atom stereocenters. The van der Waals surface area contributed by atoms with Gasteiger partial charge in [0.25, 0.3) is 0 Å². The molecular formula is C8H8ClN3. The zero-order valence-electron chi connectivity index (χ0n) is 6.58. The number of nitrogens with zero attached hydrogens (tertiary/aromatic N) is 2. The highest BCUT2D eigenvalue weighted by Gasteiger charge is 2.07. The van der Waals surface area contributed by atoms with E-state index in [-0.39, 0.29) is 0 Å². The molecule has 0 aliphatic rings. The molecule has 62 valence electrons. The van der Waals surface area contributed by atoms with E-state index in [1.54, 1.807) is 4.68 Å². The summed E-state index contributed by atoms with van der Waals surface area (Å²) in [5, 5.41) is 5.45. The summed E-state index contributed by atoms with van der Waals surface area (Å²) in [7, 11) is 1.82. The van der Waals surface area contributed by atoms with E-state index < -0.39 is 0 Å². The van der Waals surface area contributed by atoms with Crippen molar-refractivity contribution < 1.29 is 0 Å². The highest BCUT2D eigenvalue weighted by Crippen LogP contribution is 2.25. The molecule has 1 aromatic carbocycles. The standard InChI is InChI=1S/C8H8ClN3/c1-12-7-5(8(9)11-12)3-2-4-6(7)10/h2-4H,10H2,1H3. The minimum absolute atomic E-state index is 0.500. The number of anilines is 1. The van der Waals surface area contributed by atoms with Crippen molar-refractivity contribution in [2.24, 2.45) is 7.05 Å². The van der Waals surface area contributed by atoms with Crippen LogP contribution in [0.15, 0.2) is 18.2 Å². The lowest BCUT2D eigenvalue weighted by molar-refractivity contribution is 0.798. The van der Waals surface area contributed by atoms with Gasteiger partial charge in [-0.2, -0.15) is 5.10 Å². The quantitative estimate of drug-likeness (QED) is 0.630. The van der Waals surface area contributed by atoms with Gasteiger partial charge in [-0.3, -0.25) is 4.68 Å². The molecule has 0 fully saturated rings.